The van der Waals surface area contributed by atoms with Crippen LogP contribution in [0, 0.1) is 0 Å². The van der Waals surface area contributed by atoms with Crippen molar-refractivity contribution < 1.29 is 18.9 Å². The highest BCUT2D eigenvalue weighted by Gasteiger charge is 2.14. The lowest BCUT2D eigenvalue weighted by molar-refractivity contribution is -0.164. The van der Waals surface area contributed by atoms with Gasteiger partial charge in [-0.3, -0.25) is 0 Å². The van der Waals surface area contributed by atoms with E-state index in [4.69, 9.17) is 18.9 Å². The summed E-state index contributed by atoms with van der Waals surface area (Å²) in [6.07, 6.45) is 11.8. The summed E-state index contributed by atoms with van der Waals surface area (Å²) < 4.78 is 22.5. The fourth-order valence-corrected chi connectivity index (χ4v) is 2.67. The number of unbranched alkanes of at least 4 members (excludes halogenated alkanes) is 3. The second-order valence-electron chi connectivity index (χ2n) is 5.75. The van der Waals surface area contributed by atoms with Crippen molar-refractivity contribution in [3.8, 4) is 0 Å². The third kappa shape index (κ3) is 7.02. The molecular weight excluding hydrogens is 256 g/mol. The van der Waals surface area contributed by atoms with Gasteiger partial charge in [0.1, 0.15) is 0 Å². The fourth-order valence-electron chi connectivity index (χ4n) is 2.67. The van der Waals surface area contributed by atoms with Crippen molar-refractivity contribution in [3.63, 3.8) is 0 Å². The Morgan fingerprint density at radius 1 is 0.650 bits per heavy atom. The van der Waals surface area contributed by atoms with Gasteiger partial charge in [-0.1, -0.05) is 12.8 Å². The lowest BCUT2D eigenvalue weighted by Gasteiger charge is -2.23. The van der Waals surface area contributed by atoms with Crippen molar-refractivity contribution >= 4 is 0 Å². The van der Waals surface area contributed by atoms with Crippen molar-refractivity contribution in [2.24, 2.45) is 0 Å². The first-order valence-electron chi connectivity index (χ1n) is 8.41. The smallest absolute Gasteiger partial charge is 0.157 e. The lowest BCUT2D eigenvalue weighted by atomic mass is 10.2. The molecule has 2 atom stereocenters. The Balaban J connectivity index is 1.33. The second-order valence-corrected chi connectivity index (χ2v) is 5.75. The molecule has 2 aliphatic heterocycles. The van der Waals surface area contributed by atoms with Crippen LogP contribution in [0.15, 0.2) is 0 Å². The van der Waals surface area contributed by atoms with Crippen molar-refractivity contribution in [1.29, 1.82) is 0 Å². The molecule has 2 rings (SSSR count). The van der Waals surface area contributed by atoms with Crippen LogP contribution in [0.4, 0.5) is 0 Å². The monoisotopic (exact) mass is 286 g/mol. The Hall–Kier alpha value is -0.160. The zero-order valence-electron chi connectivity index (χ0n) is 12.7. The molecule has 0 radical (unpaired) electrons. The first kappa shape index (κ1) is 16.2. The molecule has 0 aliphatic carbocycles. The van der Waals surface area contributed by atoms with E-state index in [9.17, 15) is 0 Å². The van der Waals surface area contributed by atoms with E-state index in [-0.39, 0.29) is 12.6 Å². The normalized spacial score (nSPS) is 27.6. The SMILES string of the molecule is C(CCCOC1CCCCO1)CCOC1CCCCO1. The van der Waals surface area contributed by atoms with E-state index >= 15 is 0 Å². The third-order valence-electron chi connectivity index (χ3n) is 3.92. The number of hydrogen-bond acceptors (Lipinski definition) is 4. The van der Waals surface area contributed by atoms with Crippen molar-refractivity contribution in [1.82, 2.24) is 0 Å². The first-order valence-corrected chi connectivity index (χ1v) is 8.41. The van der Waals surface area contributed by atoms with Crippen LogP contribution in [-0.4, -0.2) is 39.0 Å². The van der Waals surface area contributed by atoms with Gasteiger partial charge < -0.3 is 18.9 Å². The largest absolute Gasteiger partial charge is 0.353 e. The van der Waals surface area contributed by atoms with E-state index < -0.39 is 0 Å². The van der Waals surface area contributed by atoms with E-state index in [1.54, 1.807) is 0 Å². The Labute approximate surface area is 123 Å². The summed E-state index contributed by atoms with van der Waals surface area (Å²) in [5.74, 6) is 0. The van der Waals surface area contributed by atoms with Gasteiger partial charge in [-0.2, -0.15) is 0 Å². The Morgan fingerprint density at radius 2 is 1.15 bits per heavy atom. The van der Waals surface area contributed by atoms with Gasteiger partial charge in [0.05, 0.1) is 0 Å². The van der Waals surface area contributed by atoms with Crippen molar-refractivity contribution in [2.45, 2.75) is 76.8 Å². The van der Waals surface area contributed by atoms with Gasteiger partial charge >= 0.3 is 0 Å². The minimum atomic E-state index is 0.0653. The summed E-state index contributed by atoms with van der Waals surface area (Å²) in [4.78, 5) is 0. The molecule has 0 amide bonds. The molecule has 0 aromatic rings. The molecule has 118 valence electrons. The van der Waals surface area contributed by atoms with E-state index in [1.807, 2.05) is 0 Å². The fraction of sp³-hybridized carbons (Fsp3) is 1.00. The molecule has 2 fully saturated rings. The average Bonchev–Trinajstić information content (AvgIpc) is 2.52. The van der Waals surface area contributed by atoms with Crippen molar-refractivity contribution in [2.75, 3.05) is 26.4 Å². The Bertz CT molecular complexity index is 199. The van der Waals surface area contributed by atoms with E-state index in [0.717, 1.165) is 52.1 Å². The topological polar surface area (TPSA) is 36.9 Å². The van der Waals surface area contributed by atoms with Gasteiger partial charge in [0.15, 0.2) is 12.6 Å². The van der Waals surface area contributed by atoms with Gasteiger partial charge in [-0.05, 0) is 51.4 Å². The highest BCUT2D eigenvalue weighted by molar-refractivity contribution is 4.55. The molecule has 2 unspecified atom stereocenters. The van der Waals surface area contributed by atoms with E-state index in [0.29, 0.717) is 0 Å². The maximum absolute atomic E-state index is 5.71. The summed E-state index contributed by atoms with van der Waals surface area (Å²) >= 11 is 0. The highest BCUT2D eigenvalue weighted by atomic mass is 16.7. The molecule has 0 bridgehead atoms. The summed E-state index contributed by atoms with van der Waals surface area (Å²) in [5.41, 5.74) is 0. The number of hydrogen-bond donors (Lipinski definition) is 0. The predicted molar refractivity (Wildman–Crippen MR) is 77.6 cm³/mol. The highest BCUT2D eigenvalue weighted by Crippen LogP contribution is 2.15. The van der Waals surface area contributed by atoms with Gasteiger partial charge in [-0.25, -0.2) is 0 Å². The average molecular weight is 286 g/mol. The predicted octanol–water partition coefficient (Wildman–Crippen LogP) is 3.63. The van der Waals surface area contributed by atoms with Crippen LogP contribution in [0.2, 0.25) is 0 Å². The molecular formula is C16H30O4. The van der Waals surface area contributed by atoms with Gasteiger partial charge in [0, 0.05) is 26.4 Å². The van der Waals surface area contributed by atoms with Gasteiger partial charge in [0.25, 0.3) is 0 Å². The van der Waals surface area contributed by atoms with Crippen LogP contribution in [-0.2, 0) is 18.9 Å². The molecule has 2 heterocycles. The zero-order valence-corrected chi connectivity index (χ0v) is 12.7. The van der Waals surface area contributed by atoms with Crippen LogP contribution in [0.1, 0.15) is 64.2 Å². The molecule has 4 heteroatoms. The summed E-state index contributed by atoms with van der Waals surface area (Å²) in [5, 5.41) is 0. The Morgan fingerprint density at radius 3 is 1.55 bits per heavy atom. The standard InChI is InChI=1S/C16H30O4/c1(5-11-17-15-9-3-7-13-19-15)2-6-12-18-16-10-4-8-14-20-16/h15-16H,1-14H2. The maximum atomic E-state index is 5.71. The minimum absolute atomic E-state index is 0.0653. The van der Waals surface area contributed by atoms with Gasteiger partial charge in [-0.15, -0.1) is 0 Å². The lowest BCUT2D eigenvalue weighted by Crippen LogP contribution is -2.23. The molecule has 0 aromatic carbocycles. The number of rotatable bonds is 9. The van der Waals surface area contributed by atoms with Crippen LogP contribution in [0.25, 0.3) is 0 Å². The maximum Gasteiger partial charge on any atom is 0.157 e. The molecule has 0 N–H and O–H groups in total. The quantitative estimate of drug-likeness (QED) is 0.606. The van der Waals surface area contributed by atoms with Crippen LogP contribution < -0.4 is 0 Å². The number of ether oxygens (including phenoxy) is 4. The van der Waals surface area contributed by atoms with E-state index in [1.165, 1.54) is 38.5 Å². The van der Waals surface area contributed by atoms with Crippen LogP contribution in [0.5, 0.6) is 0 Å². The van der Waals surface area contributed by atoms with Gasteiger partial charge in [0.2, 0.25) is 0 Å². The molecule has 2 saturated heterocycles. The first-order chi connectivity index (χ1) is 9.95. The van der Waals surface area contributed by atoms with Crippen LogP contribution >= 0.6 is 0 Å². The summed E-state index contributed by atoms with van der Waals surface area (Å²) in [7, 11) is 0. The van der Waals surface area contributed by atoms with Crippen LogP contribution in [0.3, 0.4) is 0 Å². The summed E-state index contributed by atoms with van der Waals surface area (Å²) in [6, 6.07) is 0. The van der Waals surface area contributed by atoms with Crippen molar-refractivity contribution in [3.05, 3.63) is 0 Å². The molecule has 0 spiro atoms. The molecule has 4 nitrogen and oxygen atoms in total. The minimum Gasteiger partial charge on any atom is -0.353 e. The molecule has 20 heavy (non-hydrogen) atoms. The molecule has 0 saturated carbocycles. The Kier molecular flexibility index (Phi) is 8.55. The van der Waals surface area contributed by atoms with E-state index in [2.05, 4.69) is 0 Å². The second kappa shape index (κ2) is 10.6. The molecule has 2 aliphatic rings. The summed E-state index contributed by atoms with van der Waals surface area (Å²) in [6.45, 7) is 3.39. The third-order valence-corrected chi connectivity index (χ3v) is 3.92. The molecule has 0 aromatic heterocycles. The zero-order chi connectivity index (χ0) is 13.9.